The molecule has 0 saturated heterocycles. The minimum Gasteiger partial charge on any atom is -0.251 e. The average Bonchev–Trinajstić information content (AvgIpc) is 1.31. The lowest BCUT2D eigenvalue weighted by molar-refractivity contribution is 0.650. The fraction of sp³-hybridized carbons (Fsp3) is 1.00. The van der Waals surface area contributed by atoms with Crippen molar-refractivity contribution in [2.75, 3.05) is 0 Å². The third kappa shape index (κ3) is 4.61. The normalized spacial score (nSPS) is 14.5. The molecule has 0 saturated carbocycles. The Balaban J connectivity index is 0. The number of nitrogens with two attached hydrogens (primary N) is 1. The quantitative estimate of drug-likeness (QED) is 0.544. The predicted octanol–water partition coefficient (Wildman–Crippen LogP) is 0.520. The molecule has 2 nitrogen and oxygen atoms in total. The lowest BCUT2D eigenvalue weighted by atomic mass is 10.3. The molecule has 0 heterocycles. The summed E-state index contributed by atoms with van der Waals surface area (Å²) >= 11 is 0. The van der Waals surface area contributed by atoms with Gasteiger partial charge in [0.2, 0.25) is 0 Å². The number of rotatable bonds is 0. The maximum absolute atomic E-state index is 10.4. The van der Waals surface area contributed by atoms with Crippen LogP contribution in [0.1, 0.15) is 20.8 Å². The molecule has 0 aliphatic heterocycles. The maximum Gasteiger partial charge on any atom is 0.0942 e. The van der Waals surface area contributed by atoms with Crippen LogP contribution in [0.25, 0.3) is 0 Å². The summed E-state index contributed by atoms with van der Waals surface area (Å²) in [6.45, 7) is 5.51. The highest BCUT2D eigenvalue weighted by atomic mass is 32.2. The van der Waals surface area contributed by atoms with Gasteiger partial charge in [-0.2, -0.15) is 13.5 Å². The minimum absolute atomic E-state index is 0. The summed E-state index contributed by atoms with van der Waals surface area (Å²) in [6, 6.07) is 0. The van der Waals surface area contributed by atoms with Gasteiger partial charge in [-0.15, -0.1) is 0 Å². The van der Waals surface area contributed by atoms with Crippen LogP contribution in [0.2, 0.25) is 0 Å². The zero-order valence-electron chi connectivity index (χ0n) is 5.39. The van der Waals surface area contributed by atoms with E-state index >= 15 is 0 Å². The van der Waals surface area contributed by atoms with E-state index in [4.69, 9.17) is 5.14 Å². The SMILES string of the molecule is CC(C)(C)S(N)=O.S. The topological polar surface area (TPSA) is 43.1 Å². The molecule has 1 atom stereocenters. The van der Waals surface area contributed by atoms with Crippen molar-refractivity contribution in [3.8, 4) is 0 Å². The first-order valence-electron chi connectivity index (χ1n) is 2.11. The van der Waals surface area contributed by atoms with Crippen LogP contribution in [0.5, 0.6) is 0 Å². The molecule has 0 aromatic heterocycles. The van der Waals surface area contributed by atoms with Crippen LogP contribution in [0.3, 0.4) is 0 Å². The summed E-state index contributed by atoms with van der Waals surface area (Å²) < 4.78 is 10.1. The fourth-order valence-corrected chi connectivity index (χ4v) is 0. The third-order valence-corrected chi connectivity index (χ3v) is 1.81. The Labute approximate surface area is 59.9 Å². The molecule has 0 radical (unpaired) electrons. The second-order valence-corrected chi connectivity index (χ2v) is 4.23. The largest absolute Gasteiger partial charge is 0.251 e. The van der Waals surface area contributed by atoms with Crippen LogP contribution in [0, 0.1) is 0 Å². The van der Waals surface area contributed by atoms with Gasteiger partial charge in [0.1, 0.15) is 0 Å². The number of hydrogen-bond acceptors (Lipinski definition) is 1. The highest BCUT2D eigenvalue weighted by molar-refractivity contribution is 7.84. The highest BCUT2D eigenvalue weighted by Gasteiger charge is 2.14. The lowest BCUT2D eigenvalue weighted by Gasteiger charge is -2.11. The third-order valence-electron chi connectivity index (χ3n) is 0.604. The summed E-state index contributed by atoms with van der Waals surface area (Å²) in [5.41, 5.74) is 0. The molecule has 0 bridgehead atoms. The molecule has 0 aliphatic rings. The van der Waals surface area contributed by atoms with Crippen LogP contribution >= 0.6 is 13.5 Å². The average molecular weight is 155 g/mol. The van der Waals surface area contributed by atoms with Gasteiger partial charge in [0, 0.05) is 0 Å². The zero-order chi connectivity index (χ0) is 6.08. The monoisotopic (exact) mass is 155 g/mol. The first kappa shape index (κ1) is 11.3. The summed E-state index contributed by atoms with van der Waals surface area (Å²) in [5.74, 6) is 0. The van der Waals surface area contributed by atoms with E-state index in [9.17, 15) is 4.21 Å². The maximum atomic E-state index is 10.4. The Morgan fingerprint density at radius 3 is 1.50 bits per heavy atom. The molecule has 52 valence electrons. The van der Waals surface area contributed by atoms with Crippen molar-refractivity contribution in [2.45, 2.75) is 25.5 Å². The summed E-state index contributed by atoms with van der Waals surface area (Å²) in [6.07, 6.45) is 0. The van der Waals surface area contributed by atoms with E-state index in [2.05, 4.69) is 0 Å². The molecule has 0 fully saturated rings. The molecule has 4 heteroatoms. The van der Waals surface area contributed by atoms with Crippen molar-refractivity contribution in [3.05, 3.63) is 0 Å². The fourth-order valence-electron chi connectivity index (χ4n) is 0. The van der Waals surface area contributed by atoms with Crippen molar-refractivity contribution in [1.82, 2.24) is 0 Å². The van der Waals surface area contributed by atoms with E-state index in [1.807, 2.05) is 20.8 Å². The van der Waals surface area contributed by atoms with Gasteiger partial charge in [-0.25, -0.2) is 4.21 Å². The standard InChI is InChI=1S/C4H11NOS.H2S/c1-4(2,3)7(5)6;/h5H2,1-3H3;1H2. The Bertz CT molecular complexity index is 86.5. The second kappa shape index (κ2) is 3.48. The molecular formula is C4H13NOS2. The molecule has 0 rings (SSSR count). The minimum atomic E-state index is -1.18. The van der Waals surface area contributed by atoms with Crippen molar-refractivity contribution in [1.29, 1.82) is 0 Å². The van der Waals surface area contributed by atoms with Crippen LogP contribution < -0.4 is 5.14 Å². The summed E-state index contributed by atoms with van der Waals surface area (Å²) in [5, 5.41) is 5.04. The molecular weight excluding hydrogens is 142 g/mol. The Morgan fingerprint density at radius 2 is 1.50 bits per heavy atom. The zero-order valence-corrected chi connectivity index (χ0v) is 7.21. The van der Waals surface area contributed by atoms with Gasteiger partial charge in [0.15, 0.2) is 0 Å². The molecule has 8 heavy (non-hydrogen) atoms. The van der Waals surface area contributed by atoms with Gasteiger partial charge in [0.05, 0.1) is 15.7 Å². The highest BCUT2D eigenvalue weighted by Crippen LogP contribution is 2.04. The molecule has 1 unspecified atom stereocenters. The first-order chi connectivity index (χ1) is 2.94. The van der Waals surface area contributed by atoms with E-state index in [1.165, 1.54) is 0 Å². The summed E-state index contributed by atoms with van der Waals surface area (Å²) in [7, 11) is -1.18. The molecule has 0 spiro atoms. The first-order valence-corrected chi connectivity index (χ1v) is 3.32. The van der Waals surface area contributed by atoms with Crippen LogP contribution in [0.4, 0.5) is 0 Å². The van der Waals surface area contributed by atoms with Crippen molar-refractivity contribution < 1.29 is 4.21 Å². The van der Waals surface area contributed by atoms with Gasteiger partial charge < -0.3 is 0 Å². The lowest BCUT2D eigenvalue weighted by Crippen LogP contribution is -2.27. The van der Waals surface area contributed by atoms with Crippen LogP contribution in [-0.4, -0.2) is 8.96 Å². The van der Waals surface area contributed by atoms with E-state index in [1.54, 1.807) is 0 Å². The van der Waals surface area contributed by atoms with E-state index in [-0.39, 0.29) is 18.2 Å². The van der Waals surface area contributed by atoms with Gasteiger partial charge in [0.25, 0.3) is 0 Å². The van der Waals surface area contributed by atoms with E-state index in [0.29, 0.717) is 0 Å². The van der Waals surface area contributed by atoms with Crippen LogP contribution in [0.15, 0.2) is 0 Å². The number of hydrogen-bond donors (Lipinski definition) is 1. The Morgan fingerprint density at radius 1 is 1.38 bits per heavy atom. The second-order valence-electron chi connectivity index (χ2n) is 2.41. The predicted molar refractivity (Wildman–Crippen MR) is 42.5 cm³/mol. The molecule has 0 aromatic carbocycles. The van der Waals surface area contributed by atoms with Crippen molar-refractivity contribution in [3.63, 3.8) is 0 Å². The molecule has 0 amide bonds. The molecule has 0 aromatic rings. The van der Waals surface area contributed by atoms with Gasteiger partial charge in [-0.3, -0.25) is 5.14 Å². The van der Waals surface area contributed by atoms with Gasteiger partial charge in [-0.1, -0.05) is 0 Å². The summed E-state index contributed by atoms with van der Waals surface area (Å²) in [4.78, 5) is 0. The van der Waals surface area contributed by atoms with Crippen molar-refractivity contribution in [2.24, 2.45) is 5.14 Å². The van der Waals surface area contributed by atoms with E-state index in [0.717, 1.165) is 0 Å². The van der Waals surface area contributed by atoms with Crippen molar-refractivity contribution >= 4 is 24.5 Å². The Hall–Kier alpha value is 0.460. The molecule has 0 aliphatic carbocycles. The Kier molecular flexibility index (Phi) is 4.91. The van der Waals surface area contributed by atoms with E-state index < -0.39 is 11.0 Å². The smallest absolute Gasteiger partial charge is 0.0942 e. The molecule has 2 N–H and O–H groups in total. The van der Waals surface area contributed by atoms with Gasteiger partial charge >= 0.3 is 0 Å². The van der Waals surface area contributed by atoms with Crippen LogP contribution in [-0.2, 0) is 11.0 Å². The van der Waals surface area contributed by atoms with Gasteiger partial charge in [-0.05, 0) is 20.8 Å².